The van der Waals surface area contributed by atoms with Gasteiger partial charge in [-0.2, -0.15) is 0 Å². The Morgan fingerprint density at radius 1 is 1.08 bits per heavy atom. The molecule has 1 aromatic rings. The van der Waals surface area contributed by atoms with Gasteiger partial charge in [0.25, 0.3) is 0 Å². The zero-order chi connectivity index (χ0) is 10.3. The van der Waals surface area contributed by atoms with E-state index in [1.165, 1.54) is 11.1 Å². The molecule has 3 heteroatoms. The topological polar surface area (TPSA) is 55.3 Å². The quantitative estimate of drug-likeness (QED) is 0.526. The summed E-state index contributed by atoms with van der Waals surface area (Å²) in [6.07, 6.45) is 0. The summed E-state index contributed by atoms with van der Waals surface area (Å²) in [5, 5.41) is 0. The highest BCUT2D eigenvalue weighted by Crippen LogP contribution is 2.04. The summed E-state index contributed by atoms with van der Waals surface area (Å²) < 4.78 is 0. The van der Waals surface area contributed by atoms with Crippen LogP contribution in [-0.2, 0) is 6.54 Å². The number of hydrogen-bond acceptors (Lipinski definition) is 3. The fraction of sp³-hybridized carbons (Fsp3) is 0.400. The van der Waals surface area contributed by atoms with E-state index in [9.17, 15) is 0 Å². The predicted octanol–water partition coefficient (Wildman–Crippen LogP) is 0.875. The molecule has 1 rings (SSSR count). The lowest BCUT2D eigenvalue weighted by Crippen LogP contribution is -2.10. The van der Waals surface area contributed by atoms with Crippen LogP contribution in [0.2, 0.25) is 0 Å². The van der Waals surface area contributed by atoms with Crippen LogP contribution < -0.4 is 11.7 Å². The number of hydrogen-bond donors (Lipinski definition) is 2. The lowest BCUT2D eigenvalue weighted by molar-refractivity contribution is 0.402. The fourth-order valence-electron chi connectivity index (χ4n) is 1.06. The van der Waals surface area contributed by atoms with Gasteiger partial charge in [0.05, 0.1) is 0 Å². The summed E-state index contributed by atoms with van der Waals surface area (Å²) in [5.41, 5.74) is 2.70. The Kier molecular flexibility index (Phi) is 6.14. The van der Waals surface area contributed by atoms with Crippen molar-refractivity contribution in [1.29, 1.82) is 0 Å². The Balaban J connectivity index is 0.000000671. The van der Waals surface area contributed by atoms with Crippen molar-refractivity contribution < 1.29 is 0 Å². The lowest BCUT2D eigenvalue weighted by Gasteiger charge is -2.08. The van der Waals surface area contributed by atoms with Gasteiger partial charge >= 0.3 is 0 Å². The van der Waals surface area contributed by atoms with Gasteiger partial charge in [0.2, 0.25) is 0 Å². The van der Waals surface area contributed by atoms with Gasteiger partial charge < -0.3 is 4.90 Å². The van der Waals surface area contributed by atoms with Gasteiger partial charge in [-0.1, -0.05) is 29.8 Å². The molecule has 0 radical (unpaired) electrons. The van der Waals surface area contributed by atoms with Crippen LogP contribution in [-0.4, -0.2) is 19.0 Å². The maximum atomic E-state index is 4.00. The molecule has 0 aliphatic heterocycles. The third-order valence-electron chi connectivity index (χ3n) is 1.62. The molecule has 1 aromatic carbocycles. The standard InChI is InChI=1S/C10H15N.H4N2/c1-9-4-6-10(7-5-9)8-11(2)3;1-2/h4-7H,8H2,1-3H3;1-2H2. The fourth-order valence-corrected chi connectivity index (χ4v) is 1.06. The molecule has 0 fully saturated rings. The highest BCUT2D eigenvalue weighted by molar-refractivity contribution is 5.20. The van der Waals surface area contributed by atoms with E-state index in [-0.39, 0.29) is 0 Å². The summed E-state index contributed by atoms with van der Waals surface area (Å²) in [4.78, 5) is 2.17. The molecule has 0 heterocycles. The number of benzene rings is 1. The van der Waals surface area contributed by atoms with Crippen LogP contribution in [0.3, 0.4) is 0 Å². The van der Waals surface area contributed by atoms with Gasteiger partial charge in [-0.25, -0.2) is 0 Å². The molecule has 0 bridgehead atoms. The molecule has 0 aliphatic carbocycles. The van der Waals surface area contributed by atoms with E-state index in [0.717, 1.165) is 6.54 Å². The summed E-state index contributed by atoms with van der Waals surface area (Å²) in [6.45, 7) is 3.14. The van der Waals surface area contributed by atoms with Crippen LogP contribution in [0.1, 0.15) is 11.1 Å². The molecule has 0 atom stereocenters. The van der Waals surface area contributed by atoms with E-state index < -0.39 is 0 Å². The molecule has 0 saturated heterocycles. The molecule has 13 heavy (non-hydrogen) atoms. The first kappa shape index (κ1) is 12.1. The van der Waals surface area contributed by atoms with Crippen molar-refractivity contribution in [3.8, 4) is 0 Å². The van der Waals surface area contributed by atoms with Crippen molar-refractivity contribution in [2.75, 3.05) is 14.1 Å². The second-order valence-electron chi connectivity index (χ2n) is 3.22. The minimum Gasteiger partial charge on any atom is -0.305 e. The summed E-state index contributed by atoms with van der Waals surface area (Å²) in [6, 6.07) is 8.66. The molecule has 0 amide bonds. The van der Waals surface area contributed by atoms with Gasteiger partial charge in [0.1, 0.15) is 0 Å². The number of rotatable bonds is 2. The second kappa shape index (κ2) is 6.60. The number of nitrogens with zero attached hydrogens (tertiary/aromatic N) is 1. The normalized spacial score (nSPS) is 9.38. The average molecular weight is 181 g/mol. The number of aryl methyl sites for hydroxylation is 1. The van der Waals surface area contributed by atoms with Crippen molar-refractivity contribution >= 4 is 0 Å². The first-order valence-corrected chi connectivity index (χ1v) is 4.22. The van der Waals surface area contributed by atoms with Gasteiger partial charge in [0.15, 0.2) is 0 Å². The molecule has 4 N–H and O–H groups in total. The van der Waals surface area contributed by atoms with E-state index in [1.54, 1.807) is 0 Å². The maximum Gasteiger partial charge on any atom is 0.0227 e. The first-order valence-electron chi connectivity index (χ1n) is 4.22. The monoisotopic (exact) mass is 181 g/mol. The van der Waals surface area contributed by atoms with E-state index in [1.807, 2.05) is 0 Å². The SMILES string of the molecule is Cc1ccc(CN(C)C)cc1.NN. The third kappa shape index (κ3) is 5.36. The Hall–Kier alpha value is -0.900. The molecule has 0 spiro atoms. The predicted molar refractivity (Wildman–Crippen MR) is 56.9 cm³/mol. The average Bonchev–Trinajstić information content (AvgIpc) is 2.12. The largest absolute Gasteiger partial charge is 0.305 e. The summed E-state index contributed by atoms with van der Waals surface area (Å²) in [5.74, 6) is 8.00. The smallest absolute Gasteiger partial charge is 0.0227 e. The molecule has 0 saturated carbocycles. The molecule has 0 aromatic heterocycles. The summed E-state index contributed by atoms with van der Waals surface area (Å²) in [7, 11) is 4.17. The van der Waals surface area contributed by atoms with Crippen molar-refractivity contribution in [1.82, 2.24) is 4.90 Å². The van der Waals surface area contributed by atoms with E-state index in [0.29, 0.717) is 0 Å². The highest BCUT2D eigenvalue weighted by atomic mass is 15.0. The van der Waals surface area contributed by atoms with Gasteiger partial charge in [0, 0.05) is 6.54 Å². The molecular weight excluding hydrogens is 162 g/mol. The second-order valence-corrected chi connectivity index (χ2v) is 3.22. The van der Waals surface area contributed by atoms with E-state index >= 15 is 0 Å². The molecule has 3 nitrogen and oxygen atoms in total. The van der Waals surface area contributed by atoms with Gasteiger partial charge in [-0.3, -0.25) is 11.7 Å². The maximum absolute atomic E-state index is 4.00. The van der Waals surface area contributed by atoms with Crippen LogP contribution in [0.25, 0.3) is 0 Å². The van der Waals surface area contributed by atoms with Gasteiger partial charge in [-0.05, 0) is 26.6 Å². The van der Waals surface area contributed by atoms with Crippen LogP contribution in [0.5, 0.6) is 0 Å². The Morgan fingerprint density at radius 2 is 1.54 bits per heavy atom. The van der Waals surface area contributed by atoms with Crippen LogP contribution in [0.4, 0.5) is 0 Å². The van der Waals surface area contributed by atoms with Crippen molar-refractivity contribution in [3.63, 3.8) is 0 Å². The van der Waals surface area contributed by atoms with Crippen molar-refractivity contribution in [3.05, 3.63) is 35.4 Å². The minimum atomic E-state index is 1.03. The van der Waals surface area contributed by atoms with E-state index in [4.69, 9.17) is 0 Å². The van der Waals surface area contributed by atoms with Crippen molar-refractivity contribution in [2.24, 2.45) is 11.7 Å². The highest BCUT2D eigenvalue weighted by Gasteiger charge is 1.92. The molecule has 0 unspecified atom stereocenters. The zero-order valence-electron chi connectivity index (χ0n) is 8.62. The summed E-state index contributed by atoms with van der Waals surface area (Å²) >= 11 is 0. The first-order chi connectivity index (χ1) is 6.18. The van der Waals surface area contributed by atoms with E-state index in [2.05, 4.69) is 61.9 Å². The Morgan fingerprint density at radius 3 is 1.92 bits per heavy atom. The molecule has 0 aliphatic rings. The van der Waals surface area contributed by atoms with Gasteiger partial charge in [-0.15, -0.1) is 0 Å². The number of hydrazine groups is 1. The minimum absolute atomic E-state index is 1.03. The Labute approximate surface area is 80.3 Å². The molecular formula is C10H19N3. The molecule has 74 valence electrons. The van der Waals surface area contributed by atoms with Crippen LogP contribution in [0, 0.1) is 6.92 Å². The lowest BCUT2D eigenvalue weighted by atomic mass is 10.1. The number of nitrogens with two attached hydrogens (primary N) is 2. The zero-order valence-corrected chi connectivity index (χ0v) is 8.62. The third-order valence-corrected chi connectivity index (χ3v) is 1.62. The Bertz CT molecular complexity index is 216. The van der Waals surface area contributed by atoms with Crippen LogP contribution >= 0.6 is 0 Å². The van der Waals surface area contributed by atoms with Crippen molar-refractivity contribution in [2.45, 2.75) is 13.5 Å². The van der Waals surface area contributed by atoms with Crippen LogP contribution in [0.15, 0.2) is 24.3 Å².